The lowest BCUT2D eigenvalue weighted by Gasteiger charge is -2.11. The number of aliphatic imine (C=N–C) groups is 1. The van der Waals surface area contributed by atoms with Crippen LogP contribution in [0.2, 0.25) is 0 Å². The van der Waals surface area contributed by atoms with Gasteiger partial charge in [0.1, 0.15) is 0 Å². The fourth-order valence-corrected chi connectivity index (χ4v) is 2.25. The summed E-state index contributed by atoms with van der Waals surface area (Å²) in [7, 11) is 0. The topological polar surface area (TPSA) is 78.6 Å². The molecule has 0 amide bonds. The average molecular weight is 273 g/mol. The maximum Gasteiger partial charge on any atom is 0.270 e. The van der Waals surface area contributed by atoms with E-state index in [4.69, 9.17) is 0 Å². The number of rotatable bonds is 5. The van der Waals surface area contributed by atoms with Gasteiger partial charge in [0.15, 0.2) is 0 Å². The van der Waals surface area contributed by atoms with Crippen LogP contribution in [0.5, 0.6) is 5.75 Å². The van der Waals surface area contributed by atoms with E-state index in [1.165, 1.54) is 42.8 Å². The highest BCUT2D eigenvalue weighted by Crippen LogP contribution is 2.21. The van der Waals surface area contributed by atoms with E-state index in [1.807, 2.05) is 0 Å². The highest BCUT2D eigenvalue weighted by atomic mass is 16.6. The molecule has 2 rings (SSSR count). The summed E-state index contributed by atoms with van der Waals surface area (Å²) < 4.78 is 0. The molecular weight excluding hydrogens is 256 g/mol. The van der Waals surface area contributed by atoms with Crippen molar-refractivity contribution in [1.82, 2.24) is 0 Å². The Morgan fingerprint density at radius 1 is 1.35 bits per heavy atom. The second-order valence-corrected chi connectivity index (χ2v) is 4.87. The van der Waals surface area contributed by atoms with E-state index in [9.17, 15) is 15.2 Å². The molecule has 106 valence electrons. The number of allylic oxidation sites excluding steroid dienone is 1. The zero-order valence-corrected chi connectivity index (χ0v) is 11.2. The predicted octanol–water partition coefficient (Wildman–Crippen LogP) is 2.98. The third-order valence-corrected chi connectivity index (χ3v) is 3.38. The lowest BCUT2D eigenvalue weighted by molar-refractivity contribution is -0.385. The lowest BCUT2D eigenvalue weighted by Crippen LogP contribution is -1.99. The molecular formula is C15H17N2O3-. The quantitative estimate of drug-likeness (QED) is 0.358. The van der Waals surface area contributed by atoms with Crippen molar-refractivity contribution in [2.45, 2.75) is 32.1 Å². The van der Waals surface area contributed by atoms with Gasteiger partial charge in [-0.05, 0) is 37.7 Å². The van der Waals surface area contributed by atoms with Crippen molar-refractivity contribution in [1.29, 1.82) is 0 Å². The van der Waals surface area contributed by atoms with Gasteiger partial charge in [0, 0.05) is 24.9 Å². The van der Waals surface area contributed by atoms with Crippen LogP contribution in [0.4, 0.5) is 5.69 Å². The third-order valence-electron chi connectivity index (χ3n) is 3.38. The first-order valence-corrected chi connectivity index (χ1v) is 6.80. The Morgan fingerprint density at radius 3 is 2.90 bits per heavy atom. The fourth-order valence-electron chi connectivity index (χ4n) is 2.25. The van der Waals surface area contributed by atoms with Crippen molar-refractivity contribution < 1.29 is 10.0 Å². The zero-order valence-electron chi connectivity index (χ0n) is 11.2. The molecule has 0 spiro atoms. The zero-order chi connectivity index (χ0) is 14.4. The smallest absolute Gasteiger partial charge is 0.270 e. The first kappa shape index (κ1) is 14.2. The molecule has 0 aliphatic heterocycles. The van der Waals surface area contributed by atoms with Crippen LogP contribution < -0.4 is 5.11 Å². The molecule has 0 heterocycles. The molecule has 20 heavy (non-hydrogen) atoms. The first-order valence-electron chi connectivity index (χ1n) is 6.80. The van der Waals surface area contributed by atoms with Crippen molar-refractivity contribution >= 4 is 11.9 Å². The Kier molecular flexibility index (Phi) is 4.87. The van der Waals surface area contributed by atoms with Gasteiger partial charge in [-0.2, -0.15) is 0 Å². The average Bonchev–Trinajstić information content (AvgIpc) is 2.46. The van der Waals surface area contributed by atoms with E-state index in [-0.39, 0.29) is 17.0 Å². The summed E-state index contributed by atoms with van der Waals surface area (Å²) in [6.07, 6.45) is 9.41. The minimum atomic E-state index is -0.510. The monoisotopic (exact) mass is 273 g/mol. The Hall–Kier alpha value is -2.17. The van der Waals surface area contributed by atoms with Crippen LogP contribution in [-0.2, 0) is 0 Å². The Bertz CT molecular complexity index is 550. The van der Waals surface area contributed by atoms with Gasteiger partial charge in [0.2, 0.25) is 0 Å². The van der Waals surface area contributed by atoms with Crippen LogP contribution >= 0.6 is 0 Å². The summed E-state index contributed by atoms with van der Waals surface area (Å²) in [5, 5.41) is 22.2. The van der Waals surface area contributed by atoms with Gasteiger partial charge >= 0.3 is 0 Å². The highest BCUT2D eigenvalue weighted by Gasteiger charge is 2.05. The second kappa shape index (κ2) is 6.84. The van der Waals surface area contributed by atoms with E-state index in [0.29, 0.717) is 6.54 Å². The van der Waals surface area contributed by atoms with Gasteiger partial charge in [0.25, 0.3) is 5.69 Å². The summed E-state index contributed by atoms with van der Waals surface area (Å²) in [4.78, 5) is 14.4. The summed E-state index contributed by atoms with van der Waals surface area (Å²) in [5.74, 6) is -0.240. The predicted molar refractivity (Wildman–Crippen MR) is 76.2 cm³/mol. The number of benzene rings is 1. The fraction of sp³-hybridized carbons (Fsp3) is 0.400. The molecule has 1 aromatic carbocycles. The summed E-state index contributed by atoms with van der Waals surface area (Å²) in [6.45, 7) is 0.619. The molecule has 0 saturated carbocycles. The molecule has 0 saturated heterocycles. The van der Waals surface area contributed by atoms with Crippen LogP contribution in [0.15, 0.2) is 34.8 Å². The largest absolute Gasteiger partial charge is 0.872 e. The maximum atomic E-state index is 11.6. The van der Waals surface area contributed by atoms with Crippen molar-refractivity contribution in [3.63, 3.8) is 0 Å². The standard InChI is InChI=1S/C15H18N2O3/c18-15-7-6-14(17(19)20)10-13(15)11-16-9-8-12-4-2-1-3-5-12/h4,6-7,10-11,18H,1-3,5,8-9H2/p-1. The Labute approximate surface area is 117 Å². The van der Waals surface area contributed by atoms with Crippen LogP contribution in [0.25, 0.3) is 0 Å². The van der Waals surface area contributed by atoms with Gasteiger partial charge in [-0.15, -0.1) is 0 Å². The Balaban J connectivity index is 1.95. The first-order chi connectivity index (χ1) is 9.66. The van der Waals surface area contributed by atoms with E-state index in [0.717, 1.165) is 19.3 Å². The molecule has 0 unspecified atom stereocenters. The summed E-state index contributed by atoms with van der Waals surface area (Å²) in [5.41, 5.74) is 1.62. The van der Waals surface area contributed by atoms with Gasteiger partial charge in [-0.3, -0.25) is 15.1 Å². The molecule has 0 atom stereocenters. The summed E-state index contributed by atoms with van der Waals surface area (Å²) in [6, 6.07) is 3.70. The van der Waals surface area contributed by atoms with Crippen LogP contribution in [0.3, 0.4) is 0 Å². The number of non-ortho nitro benzene ring substituents is 1. The van der Waals surface area contributed by atoms with E-state index in [2.05, 4.69) is 11.1 Å². The molecule has 0 N–H and O–H groups in total. The van der Waals surface area contributed by atoms with Gasteiger partial charge in [-0.25, -0.2) is 0 Å². The third kappa shape index (κ3) is 3.91. The molecule has 0 radical (unpaired) electrons. The second-order valence-electron chi connectivity index (χ2n) is 4.87. The number of hydrogen-bond acceptors (Lipinski definition) is 4. The Morgan fingerprint density at radius 2 is 2.20 bits per heavy atom. The van der Waals surface area contributed by atoms with Gasteiger partial charge in [0.05, 0.1) is 4.92 Å². The van der Waals surface area contributed by atoms with Crippen LogP contribution in [0, 0.1) is 10.1 Å². The maximum absolute atomic E-state index is 11.6. The van der Waals surface area contributed by atoms with E-state index >= 15 is 0 Å². The summed E-state index contributed by atoms with van der Waals surface area (Å²) >= 11 is 0. The van der Waals surface area contributed by atoms with Gasteiger partial charge < -0.3 is 5.11 Å². The minimum Gasteiger partial charge on any atom is -0.872 e. The van der Waals surface area contributed by atoms with Crippen LogP contribution in [0.1, 0.15) is 37.7 Å². The minimum absolute atomic E-state index is 0.0824. The molecule has 1 aromatic rings. The normalized spacial score (nSPS) is 15.3. The van der Waals surface area contributed by atoms with Crippen molar-refractivity contribution in [2.75, 3.05) is 6.54 Å². The number of hydrogen-bond donors (Lipinski definition) is 0. The molecule has 0 bridgehead atoms. The molecule has 0 fully saturated rings. The highest BCUT2D eigenvalue weighted by molar-refractivity contribution is 5.84. The molecule has 1 aliphatic rings. The molecule has 5 nitrogen and oxygen atoms in total. The number of nitrogens with zero attached hydrogens (tertiary/aromatic N) is 2. The van der Waals surface area contributed by atoms with E-state index in [1.54, 1.807) is 0 Å². The molecule has 1 aliphatic carbocycles. The number of nitro groups is 1. The lowest BCUT2D eigenvalue weighted by atomic mass is 9.97. The van der Waals surface area contributed by atoms with Crippen molar-refractivity contribution in [3.05, 3.63) is 45.5 Å². The molecule has 0 aromatic heterocycles. The van der Waals surface area contributed by atoms with Crippen LogP contribution in [-0.4, -0.2) is 17.7 Å². The van der Waals surface area contributed by atoms with Crippen molar-refractivity contribution in [2.24, 2.45) is 4.99 Å². The SMILES string of the molecule is O=[N+]([O-])c1ccc([O-])c(C=NCCC2=CCCCC2)c1. The van der Waals surface area contributed by atoms with Crippen molar-refractivity contribution in [3.8, 4) is 5.75 Å². The van der Waals surface area contributed by atoms with E-state index < -0.39 is 4.92 Å². The molecule has 5 heteroatoms. The van der Waals surface area contributed by atoms with Gasteiger partial charge in [-0.1, -0.05) is 23.5 Å². The number of nitro benzene ring substituents is 1.